The number of benzene rings is 1. The minimum absolute atomic E-state index is 0.0585. The van der Waals surface area contributed by atoms with Crippen molar-refractivity contribution in [2.24, 2.45) is 11.7 Å². The third-order valence-corrected chi connectivity index (χ3v) is 3.59. The molecule has 0 radical (unpaired) electrons. The fraction of sp³-hybridized carbons (Fsp3) is 0.500. The van der Waals surface area contributed by atoms with Crippen molar-refractivity contribution < 1.29 is 19.0 Å². The number of hydrogen-bond acceptors (Lipinski definition) is 3. The zero-order valence-corrected chi connectivity index (χ0v) is 10.6. The van der Waals surface area contributed by atoms with E-state index in [1.54, 1.807) is 6.07 Å². The number of halogens is 1. The number of rotatable bonds is 6. The first kappa shape index (κ1) is 13.8. The zero-order chi connectivity index (χ0) is 13.8. The van der Waals surface area contributed by atoms with E-state index < -0.39 is 17.7 Å². The molecule has 1 aliphatic rings. The van der Waals surface area contributed by atoms with Crippen molar-refractivity contribution in [2.75, 3.05) is 13.2 Å². The minimum Gasteiger partial charge on any atom is -0.490 e. The molecule has 1 aromatic rings. The molecule has 0 amide bonds. The van der Waals surface area contributed by atoms with Gasteiger partial charge in [0.25, 0.3) is 0 Å². The summed E-state index contributed by atoms with van der Waals surface area (Å²) in [5.74, 6) is -1.76. The lowest BCUT2D eigenvalue weighted by Crippen LogP contribution is -2.21. The van der Waals surface area contributed by atoms with Gasteiger partial charge in [0.05, 0.1) is 12.5 Å². The number of aliphatic carboxylic acids is 1. The van der Waals surface area contributed by atoms with Gasteiger partial charge in [-0.1, -0.05) is 12.5 Å². The number of nitrogens with two attached hydrogens (primary N) is 1. The van der Waals surface area contributed by atoms with Crippen molar-refractivity contribution in [1.82, 2.24) is 0 Å². The average Bonchev–Trinajstić information content (AvgIpc) is 2.30. The van der Waals surface area contributed by atoms with Gasteiger partial charge in [-0.15, -0.1) is 0 Å². The van der Waals surface area contributed by atoms with E-state index in [0.717, 1.165) is 12.8 Å². The molecule has 2 rings (SSSR count). The van der Waals surface area contributed by atoms with E-state index in [4.69, 9.17) is 15.6 Å². The quantitative estimate of drug-likeness (QED) is 0.828. The van der Waals surface area contributed by atoms with Crippen molar-refractivity contribution in [1.29, 1.82) is 0 Å². The Morgan fingerprint density at radius 3 is 2.74 bits per heavy atom. The van der Waals surface area contributed by atoms with E-state index in [9.17, 15) is 9.18 Å². The molecule has 0 spiro atoms. The number of hydrogen-bond donors (Lipinski definition) is 2. The molecule has 0 saturated heterocycles. The Labute approximate surface area is 111 Å². The minimum atomic E-state index is -1.05. The topological polar surface area (TPSA) is 72.6 Å². The van der Waals surface area contributed by atoms with Gasteiger partial charge in [-0.25, -0.2) is 4.39 Å². The molecule has 0 aliphatic heterocycles. The van der Waals surface area contributed by atoms with E-state index in [1.165, 1.54) is 18.6 Å². The molecule has 0 bridgehead atoms. The molecule has 1 unspecified atom stereocenters. The Morgan fingerprint density at radius 2 is 2.26 bits per heavy atom. The van der Waals surface area contributed by atoms with E-state index in [1.807, 2.05) is 0 Å². The Morgan fingerprint density at radius 1 is 1.53 bits per heavy atom. The van der Waals surface area contributed by atoms with Gasteiger partial charge < -0.3 is 15.6 Å². The molecule has 19 heavy (non-hydrogen) atoms. The summed E-state index contributed by atoms with van der Waals surface area (Å²) in [5, 5.41) is 8.97. The summed E-state index contributed by atoms with van der Waals surface area (Å²) in [4.78, 5) is 11.0. The standard InChI is InChI=1S/C14H18FNO3/c15-12-6-10(11(7-16)14(17)18)4-5-13(12)19-8-9-2-1-3-9/h4-6,9,11H,1-3,7-8,16H2,(H,17,18). The number of carbonyl (C=O) groups is 1. The Bertz CT molecular complexity index is 460. The van der Waals surface area contributed by atoms with Gasteiger partial charge in [0.15, 0.2) is 11.6 Å². The van der Waals surface area contributed by atoms with Gasteiger partial charge in [0.2, 0.25) is 0 Å². The molecule has 1 aromatic carbocycles. The van der Waals surface area contributed by atoms with Crippen LogP contribution in [0.3, 0.4) is 0 Å². The Hall–Kier alpha value is -1.62. The average molecular weight is 267 g/mol. The molecule has 0 aromatic heterocycles. The molecule has 0 heterocycles. The van der Waals surface area contributed by atoms with Crippen LogP contribution in [0.4, 0.5) is 4.39 Å². The molecular weight excluding hydrogens is 249 g/mol. The maximum absolute atomic E-state index is 13.8. The first-order valence-corrected chi connectivity index (χ1v) is 6.47. The number of ether oxygens (including phenoxy) is 1. The highest BCUT2D eigenvalue weighted by atomic mass is 19.1. The van der Waals surface area contributed by atoms with Crippen molar-refractivity contribution in [3.8, 4) is 5.75 Å². The maximum atomic E-state index is 13.8. The molecule has 1 atom stereocenters. The molecule has 4 nitrogen and oxygen atoms in total. The fourth-order valence-corrected chi connectivity index (χ4v) is 2.10. The smallest absolute Gasteiger partial charge is 0.312 e. The van der Waals surface area contributed by atoms with E-state index >= 15 is 0 Å². The van der Waals surface area contributed by atoms with Crippen molar-refractivity contribution >= 4 is 5.97 Å². The largest absolute Gasteiger partial charge is 0.490 e. The molecule has 1 saturated carbocycles. The van der Waals surface area contributed by atoms with Crippen LogP contribution in [0.15, 0.2) is 18.2 Å². The second kappa shape index (κ2) is 6.02. The highest BCUT2D eigenvalue weighted by molar-refractivity contribution is 5.76. The van der Waals surface area contributed by atoms with Gasteiger partial charge in [-0.05, 0) is 36.5 Å². The first-order chi connectivity index (χ1) is 9.11. The van der Waals surface area contributed by atoms with Crippen LogP contribution in [0.25, 0.3) is 0 Å². The van der Waals surface area contributed by atoms with Crippen LogP contribution >= 0.6 is 0 Å². The Kier molecular flexibility index (Phi) is 4.37. The lowest BCUT2D eigenvalue weighted by molar-refractivity contribution is -0.138. The maximum Gasteiger partial charge on any atom is 0.312 e. The first-order valence-electron chi connectivity index (χ1n) is 6.47. The molecular formula is C14H18FNO3. The third-order valence-electron chi connectivity index (χ3n) is 3.59. The summed E-state index contributed by atoms with van der Waals surface area (Å²) in [5.41, 5.74) is 5.75. The van der Waals surface area contributed by atoms with Crippen LogP contribution in [0.1, 0.15) is 30.7 Å². The summed E-state index contributed by atoms with van der Waals surface area (Å²) in [6.07, 6.45) is 3.48. The zero-order valence-electron chi connectivity index (χ0n) is 10.6. The summed E-state index contributed by atoms with van der Waals surface area (Å²) in [6.45, 7) is 0.465. The molecule has 5 heteroatoms. The second-order valence-corrected chi connectivity index (χ2v) is 4.92. The highest BCUT2D eigenvalue weighted by Gasteiger charge is 2.21. The van der Waals surface area contributed by atoms with Gasteiger partial charge in [0, 0.05) is 6.54 Å². The Balaban J connectivity index is 2.04. The second-order valence-electron chi connectivity index (χ2n) is 4.92. The summed E-state index contributed by atoms with van der Waals surface area (Å²) in [7, 11) is 0. The van der Waals surface area contributed by atoms with Crippen molar-refractivity contribution in [3.05, 3.63) is 29.6 Å². The predicted molar refractivity (Wildman–Crippen MR) is 68.7 cm³/mol. The lowest BCUT2D eigenvalue weighted by Gasteiger charge is -2.25. The van der Waals surface area contributed by atoms with Crippen LogP contribution in [0.5, 0.6) is 5.75 Å². The SMILES string of the molecule is NCC(C(=O)O)c1ccc(OCC2CCC2)c(F)c1. The summed E-state index contributed by atoms with van der Waals surface area (Å²) in [6, 6.07) is 4.24. The van der Waals surface area contributed by atoms with E-state index in [-0.39, 0.29) is 12.3 Å². The summed E-state index contributed by atoms with van der Waals surface area (Å²) >= 11 is 0. The molecule has 1 aliphatic carbocycles. The van der Waals surface area contributed by atoms with Crippen molar-refractivity contribution in [2.45, 2.75) is 25.2 Å². The normalized spacial score (nSPS) is 16.7. The van der Waals surface area contributed by atoms with Crippen LogP contribution < -0.4 is 10.5 Å². The lowest BCUT2D eigenvalue weighted by atomic mass is 9.86. The highest BCUT2D eigenvalue weighted by Crippen LogP contribution is 2.28. The number of carboxylic acids is 1. The molecule has 3 N–H and O–H groups in total. The monoisotopic (exact) mass is 267 g/mol. The van der Waals surface area contributed by atoms with E-state index in [0.29, 0.717) is 18.1 Å². The predicted octanol–water partition coefficient (Wildman–Crippen LogP) is 2.13. The molecule has 1 fully saturated rings. The van der Waals surface area contributed by atoms with Crippen LogP contribution in [0.2, 0.25) is 0 Å². The van der Waals surface area contributed by atoms with Crippen LogP contribution in [-0.4, -0.2) is 24.2 Å². The third kappa shape index (κ3) is 3.23. The fourth-order valence-electron chi connectivity index (χ4n) is 2.10. The van der Waals surface area contributed by atoms with Gasteiger partial charge >= 0.3 is 5.97 Å². The van der Waals surface area contributed by atoms with Crippen LogP contribution in [0, 0.1) is 11.7 Å². The van der Waals surface area contributed by atoms with Crippen LogP contribution in [-0.2, 0) is 4.79 Å². The summed E-state index contributed by atoms with van der Waals surface area (Å²) < 4.78 is 19.2. The number of carboxylic acid groups (broad SMARTS) is 1. The van der Waals surface area contributed by atoms with Gasteiger partial charge in [-0.2, -0.15) is 0 Å². The van der Waals surface area contributed by atoms with Crippen molar-refractivity contribution in [3.63, 3.8) is 0 Å². The van der Waals surface area contributed by atoms with Gasteiger partial charge in [0.1, 0.15) is 0 Å². The van der Waals surface area contributed by atoms with Gasteiger partial charge in [-0.3, -0.25) is 4.79 Å². The van der Waals surface area contributed by atoms with E-state index in [2.05, 4.69) is 0 Å². The molecule has 104 valence electrons.